The Bertz CT molecular complexity index is 628. The van der Waals surface area contributed by atoms with Crippen molar-refractivity contribution in [2.75, 3.05) is 6.54 Å². The van der Waals surface area contributed by atoms with Gasteiger partial charge in [-0.2, -0.15) is 0 Å². The number of fused-ring (bicyclic) bond motifs is 1. The van der Waals surface area contributed by atoms with Crippen LogP contribution in [0.4, 0.5) is 0 Å². The van der Waals surface area contributed by atoms with E-state index in [9.17, 15) is 4.79 Å². The van der Waals surface area contributed by atoms with Crippen LogP contribution in [-0.4, -0.2) is 28.0 Å². The van der Waals surface area contributed by atoms with Crippen molar-refractivity contribution >= 4 is 16.9 Å². The average Bonchev–Trinajstić information content (AvgIpc) is 3.08. The zero-order chi connectivity index (χ0) is 14.7. The van der Waals surface area contributed by atoms with Crippen molar-refractivity contribution in [3.05, 3.63) is 30.1 Å². The zero-order valence-electron chi connectivity index (χ0n) is 12.2. The second-order valence-electron chi connectivity index (χ2n) is 5.69. The first-order chi connectivity index (χ1) is 10.3. The minimum atomic E-state index is 0.0725. The fraction of sp³-hybridized carbons (Fsp3) is 0.500. The van der Waals surface area contributed by atoms with Crippen molar-refractivity contribution in [1.29, 1.82) is 0 Å². The number of nitrogens with zero attached hydrogens (tertiary/aromatic N) is 2. The molecule has 1 aromatic heterocycles. The molecule has 0 saturated heterocycles. The first-order valence-corrected chi connectivity index (χ1v) is 7.71. The lowest BCUT2D eigenvalue weighted by Gasteiger charge is -2.14. The molecular formula is C16H22N4O. The molecule has 1 fully saturated rings. The third-order valence-corrected chi connectivity index (χ3v) is 4.12. The number of nitrogens with one attached hydrogen (secondary N) is 1. The molecule has 1 heterocycles. The Hall–Kier alpha value is -1.88. The summed E-state index contributed by atoms with van der Waals surface area (Å²) >= 11 is 0. The van der Waals surface area contributed by atoms with Crippen LogP contribution in [0.1, 0.15) is 31.5 Å². The molecule has 1 saturated carbocycles. The van der Waals surface area contributed by atoms with E-state index >= 15 is 0 Å². The maximum atomic E-state index is 12.3. The monoisotopic (exact) mass is 286 g/mol. The van der Waals surface area contributed by atoms with Crippen LogP contribution in [0.5, 0.6) is 0 Å². The molecule has 3 rings (SSSR count). The summed E-state index contributed by atoms with van der Waals surface area (Å²) in [5, 5.41) is 3.13. The van der Waals surface area contributed by atoms with Crippen LogP contribution in [0.15, 0.2) is 24.3 Å². The second-order valence-corrected chi connectivity index (χ2v) is 5.69. The van der Waals surface area contributed by atoms with E-state index in [1.165, 1.54) is 12.8 Å². The molecule has 1 aromatic carbocycles. The van der Waals surface area contributed by atoms with Crippen LogP contribution in [0, 0.1) is 0 Å². The molecule has 0 radical (unpaired) electrons. The van der Waals surface area contributed by atoms with Crippen LogP contribution < -0.4 is 11.1 Å². The number of nitrogens with two attached hydrogens (primary N) is 1. The maximum absolute atomic E-state index is 12.3. The fourth-order valence-electron chi connectivity index (χ4n) is 3.11. The molecule has 0 atom stereocenters. The van der Waals surface area contributed by atoms with Gasteiger partial charge in [-0.3, -0.25) is 4.79 Å². The van der Waals surface area contributed by atoms with Gasteiger partial charge in [-0.25, -0.2) is 4.98 Å². The van der Waals surface area contributed by atoms with Crippen molar-refractivity contribution in [1.82, 2.24) is 14.9 Å². The molecule has 5 heteroatoms. The van der Waals surface area contributed by atoms with Crippen molar-refractivity contribution in [2.45, 2.75) is 44.7 Å². The van der Waals surface area contributed by atoms with Crippen molar-refractivity contribution < 1.29 is 4.79 Å². The molecular weight excluding hydrogens is 264 g/mol. The lowest BCUT2D eigenvalue weighted by Crippen LogP contribution is -2.35. The number of hydrogen-bond donors (Lipinski definition) is 2. The van der Waals surface area contributed by atoms with Crippen LogP contribution in [0.25, 0.3) is 11.0 Å². The molecule has 112 valence electrons. The van der Waals surface area contributed by atoms with E-state index in [1.54, 1.807) is 0 Å². The molecule has 2 aromatic rings. The number of hydrogen-bond acceptors (Lipinski definition) is 3. The van der Waals surface area contributed by atoms with Crippen LogP contribution in [-0.2, 0) is 17.8 Å². The van der Waals surface area contributed by atoms with E-state index < -0.39 is 0 Å². The summed E-state index contributed by atoms with van der Waals surface area (Å²) < 4.78 is 1.99. The Labute approximate surface area is 124 Å². The third kappa shape index (κ3) is 3.08. The Morgan fingerprint density at radius 2 is 2.10 bits per heavy atom. The molecule has 1 aliphatic rings. The predicted molar refractivity (Wildman–Crippen MR) is 82.9 cm³/mol. The normalized spacial score (nSPS) is 15.7. The van der Waals surface area contributed by atoms with Gasteiger partial charge in [0.1, 0.15) is 12.4 Å². The van der Waals surface area contributed by atoms with Gasteiger partial charge in [0.05, 0.1) is 11.0 Å². The third-order valence-electron chi connectivity index (χ3n) is 4.12. The summed E-state index contributed by atoms with van der Waals surface area (Å²) in [5.41, 5.74) is 7.59. The number of para-hydroxylation sites is 2. The highest BCUT2D eigenvalue weighted by Gasteiger charge is 2.18. The standard InChI is InChI=1S/C16H22N4O/c17-10-9-15-19-13-7-3-4-8-14(13)20(15)11-16(21)18-12-5-1-2-6-12/h3-4,7-8,12H,1-2,5-6,9-11,17H2,(H,18,21). The van der Waals surface area contributed by atoms with Crippen molar-refractivity contribution in [3.63, 3.8) is 0 Å². The smallest absolute Gasteiger partial charge is 0.240 e. The van der Waals surface area contributed by atoms with Gasteiger partial charge in [0.2, 0.25) is 5.91 Å². The van der Waals surface area contributed by atoms with Gasteiger partial charge in [0, 0.05) is 12.5 Å². The highest BCUT2D eigenvalue weighted by atomic mass is 16.2. The van der Waals surface area contributed by atoms with E-state index in [4.69, 9.17) is 5.73 Å². The number of carbonyl (C=O) groups is 1. The summed E-state index contributed by atoms with van der Waals surface area (Å²) in [5.74, 6) is 0.962. The largest absolute Gasteiger partial charge is 0.352 e. The van der Waals surface area contributed by atoms with E-state index in [1.807, 2.05) is 28.8 Å². The predicted octanol–water partition coefficient (Wildman–Crippen LogP) is 1.60. The Kier molecular flexibility index (Phi) is 4.20. The highest BCUT2D eigenvalue weighted by molar-refractivity contribution is 5.81. The number of benzene rings is 1. The molecule has 0 unspecified atom stereocenters. The SMILES string of the molecule is NCCc1nc2ccccc2n1CC(=O)NC1CCCC1. The molecule has 21 heavy (non-hydrogen) atoms. The van der Waals surface area contributed by atoms with Gasteiger partial charge in [-0.05, 0) is 31.5 Å². The lowest BCUT2D eigenvalue weighted by molar-refractivity contribution is -0.122. The second kappa shape index (κ2) is 6.26. The van der Waals surface area contributed by atoms with Gasteiger partial charge < -0.3 is 15.6 Å². The molecule has 0 aliphatic heterocycles. The number of carbonyl (C=O) groups excluding carboxylic acids is 1. The number of rotatable bonds is 5. The van der Waals surface area contributed by atoms with E-state index in [0.717, 1.165) is 29.7 Å². The number of aromatic nitrogens is 2. The van der Waals surface area contributed by atoms with Gasteiger partial charge >= 0.3 is 0 Å². The summed E-state index contributed by atoms with van der Waals surface area (Å²) in [4.78, 5) is 16.9. The van der Waals surface area contributed by atoms with E-state index in [2.05, 4.69) is 10.3 Å². The average molecular weight is 286 g/mol. The lowest BCUT2D eigenvalue weighted by atomic mass is 10.2. The highest BCUT2D eigenvalue weighted by Crippen LogP contribution is 2.19. The minimum absolute atomic E-state index is 0.0725. The number of amides is 1. The summed E-state index contributed by atoms with van der Waals surface area (Å²) in [7, 11) is 0. The molecule has 0 bridgehead atoms. The summed E-state index contributed by atoms with van der Waals surface area (Å²) in [6, 6.07) is 8.27. The van der Waals surface area contributed by atoms with Crippen molar-refractivity contribution in [2.24, 2.45) is 5.73 Å². The topological polar surface area (TPSA) is 72.9 Å². The van der Waals surface area contributed by atoms with E-state index in [0.29, 0.717) is 25.6 Å². The molecule has 0 spiro atoms. The molecule has 5 nitrogen and oxygen atoms in total. The summed E-state index contributed by atoms with van der Waals surface area (Å²) in [6.45, 7) is 0.861. The van der Waals surface area contributed by atoms with Gasteiger partial charge in [-0.15, -0.1) is 0 Å². The Balaban J connectivity index is 1.80. The fourth-order valence-corrected chi connectivity index (χ4v) is 3.11. The Morgan fingerprint density at radius 1 is 1.33 bits per heavy atom. The van der Waals surface area contributed by atoms with Crippen molar-refractivity contribution in [3.8, 4) is 0 Å². The Morgan fingerprint density at radius 3 is 2.86 bits per heavy atom. The van der Waals surface area contributed by atoms with Crippen LogP contribution >= 0.6 is 0 Å². The number of imidazole rings is 1. The van der Waals surface area contributed by atoms with E-state index in [-0.39, 0.29) is 5.91 Å². The van der Waals surface area contributed by atoms with Gasteiger partial charge in [0.25, 0.3) is 0 Å². The van der Waals surface area contributed by atoms with Gasteiger partial charge in [-0.1, -0.05) is 25.0 Å². The summed E-state index contributed by atoms with van der Waals surface area (Å²) in [6.07, 6.45) is 5.33. The van der Waals surface area contributed by atoms with Crippen LogP contribution in [0.2, 0.25) is 0 Å². The minimum Gasteiger partial charge on any atom is -0.352 e. The quantitative estimate of drug-likeness (QED) is 0.877. The van der Waals surface area contributed by atoms with Gasteiger partial charge in [0.15, 0.2) is 0 Å². The first-order valence-electron chi connectivity index (χ1n) is 7.71. The molecule has 1 aliphatic carbocycles. The first kappa shape index (κ1) is 14.1. The molecule has 3 N–H and O–H groups in total. The maximum Gasteiger partial charge on any atom is 0.240 e. The zero-order valence-corrected chi connectivity index (χ0v) is 12.2. The van der Waals surface area contributed by atoms with Crippen LogP contribution in [0.3, 0.4) is 0 Å². The molecule has 1 amide bonds.